The highest BCUT2D eigenvalue weighted by Crippen LogP contribution is 2.35. The van der Waals surface area contributed by atoms with E-state index in [1.165, 1.54) is 0 Å². The van der Waals surface area contributed by atoms with E-state index in [0.29, 0.717) is 17.9 Å². The molecule has 33 heavy (non-hydrogen) atoms. The second-order valence-corrected chi connectivity index (χ2v) is 10.00. The van der Waals surface area contributed by atoms with Gasteiger partial charge in [-0.1, -0.05) is 31.5 Å². The maximum atomic E-state index is 12.7. The van der Waals surface area contributed by atoms with Crippen LogP contribution < -0.4 is 15.4 Å². The molecule has 2 N–H and O–H groups in total. The Bertz CT molecular complexity index is 1270. The molecule has 0 unspecified atom stereocenters. The molecule has 0 fully saturated rings. The molecular weight excluding hydrogens is 565 g/mol. The van der Waals surface area contributed by atoms with E-state index in [4.69, 9.17) is 21.9 Å². The molecule has 0 aliphatic rings. The van der Waals surface area contributed by atoms with Crippen molar-refractivity contribution in [3.63, 3.8) is 0 Å². The van der Waals surface area contributed by atoms with Gasteiger partial charge >= 0.3 is 0 Å². The smallest absolute Gasteiger partial charge is 0.257 e. The summed E-state index contributed by atoms with van der Waals surface area (Å²) in [5, 5.41) is 7.05. The Morgan fingerprint density at radius 1 is 1.12 bits per heavy atom. The molecule has 0 atom stereocenters. The minimum Gasteiger partial charge on any atom is -0.494 e. The first-order chi connectivity index (χ1) is 16.0. The monoisotopic (exact) mass is 587 g/mol. The molecule has 8 heteroatoms. The molecule has 1 aromatic heterocycles. The highest BCUT2D eigenvalue weighted by atomic mass is 127. The maximum absolute atomic E-state index is 12.7. The second-order valence-electron chi connectivity index (χ2n) is 7.31. The van der Waals surface area contributed by atoms with Crippen LogP contribution in [0, 0.1) is 3.57 Å². The number of benzene rings is 3. The lowest BCUT2D eigenvalue weighted by atomic mass is 10.2. The molecule has 0 saturated heterocycles. The van der Waals surface area contributed by atoms with Gasteiger partial charge in [0.05, 0.1) is 22.5 Å². The van der Waals surface area contributed by atoms with Gasteiger partial charge in [0.1, 0.15) is 10.8 Å². The number of aromatic nitrogens is 1. The number of halogens is 1. The Hall–Kier alpha value is -2.56. The molecule has 0 saturated carbocycles. The molecule has 0 radical (unpaired) electrons. The van der Waals surface area contributed by atoms with Gasteiger partial charge in [-0.05, 0) is 89.8 Å². The van der Waals surface area contributed by atoms with Crippen LogP contribution in [-0.2, 0) is 0 Å². The number of hydrogen-bond donors (Lipinski definition) is 2. The van der Waals surface area contributed by atoms with Gasteiger partial charge in [0.25, 0.3) is 5.91 Å². The lowest BCUT2D eigenvalue weighted by Gasteiger charge is -2.13. The minimum absolute atomic E-state index is 0.223. The number of carbonyl (C=O) groups is 1. The van der Waals surface area contributed by atoms with Crippen molar-refractivity contribution in [3.05, 3.63) is 75.9 Å². The fourth-order valence-corrected chi connectivity index (χ4v) is 4.87. The number of para-hydroxylation sites is 1. The van der Waals surface area contributed by atoms with Gasteiger partial charge in [-0.3, -0.25) is 10.1 Å². The topological polar surface area (TPSA) is 63.2 Å². The fraction of sp³-hybridized carbons (Fsp3) is 0.160. The molecule has 0 spiro atoms. The summed E-state index contributed by atoms with van der Waals surface area (Å²) in [4.78, 5) is 17.5. The lowest BCUT2D eigenvalue weighted by Crippen LogP contribution is -2.34. The van der Waals surface area contributed by atoms with Gasteiger partial charge in [0.2, 0.25) is 0 Å². The second kappa shape index (κ2) is 11.0. The van der Waals surface area contributed by atoms with E-state index >= 15 is 0 Å². The van der Waals surface area contributed by atoms with Crippen molar-refractivity contribution < 1.29 is 9.53 Å². The Labute approximate surface area is 215 Å². The molecule has 1 amide bonds. The third-order valence-electron chi connectivity index (χ3n) is 4.84. The first-order valence-electron chi connectivity index (χ1n) is 10.5. The zero-order valence-electron chi connectivity index (χ0n) is 17.9. The van der Waals surface area contributed by atoms with Crippen molar-refractivity contribution in [2.45, 2.75) is 19.8 Å². The number of carbonyl (C=O) groups excluding carboxylic acids is 1. The SMILES string of the molecule is CCCCOc1cccc(C(=O)NC(=S)Nc2ccc(I)cc2-c2nc3ccccc3s2)c1. The van der Waals surface area contributed by atoms with Crippen LogP contribution in [0.15, 0.2) is 66.7 Å². The van der Waals surface area contributed by atoms with Gasteiger partial charge in [-0.15, -0.1) is 11.3 Å². The lowest BCUT2D eigenvalue weighted by molar-refractivity contribution is 0.0977. The average molecular weight is 588 g/mol. The van der Waals surface area contributed by atoms with Crippen LogP contribution >= 0.6 is 46.1 Å². The third-order valence-corrected chi connectivity index (χ3v) is 6.79. The van der Waals surface area contributed by atoms with Gasteiger partial charge in [-0.25, -0.2) is 4.98 Å². The number of anilines is 1. The highest BCUT2D eigenvalue weighted by molar-refractivity contribution is 14.1. The van der Waals surface area contributed by atoms with Crippen LogP contribution in [-0.4, -0.2) is 22.6 Å². The van der Waals surface area contributed by atoms with Crippen molar-refractivity contribution >= 4 is 73.1 Å². The summed E-state index contributed by atoms with van der Waals surface area (Å²) >= 11 is 9.34. The summed E-state index contributed by atoms with van der Waals surface area (Å²) in [6.45, 7) is 2.74. The molecule has 3 aromatic carbocycles. The van der Waals surface area contributed by atoms with Gasteiger partial charge in [0, 0.05) is 14.7 Å². The summed E-state index contributed by atoms with van der Waals surface area (Å²) in [5.41, 5.74) is 3.17. The predicted octanol–water partition coefficient (Wildman–Crippen LogP) is 6.87. The fourth-order valence-electron chi connectivity index (χ4n) is 3.18. The molecule has 0 bridgehead atoms. The number of amides is 1. The average Bonchev–Trinajstić information content (AvgIpc) is 3.25. The van der Waals surface area contributed by atoms with E-state index in [0.717, 1.165) is 42.9 Å². The molecule has 5 nitrogen and oxygen atoms in total. The number of fused-ring (bicyclic) bond motifs is 1. The molecule has 4 rings (SSSR count). The van der Waals surface area contributed by atoms with Crippen LogP contribution in [0.1, 0.15) is 30.1 Å². The maximum Gasteiger partial charge on any atom is 0.257 e. The first-order valence-corrected chi connectivity index (χ1v) is 12.8. The van der Waals surface area contributed by atoms with Crippen molar-refractivity contribution in [1.82, 2.24) is 10.3 Å². The Morgan fingerprint density at radius 2 is 1.97 bits per heavy atom. The largest absolute Gasteiger partial charge is 0.494 e. The normalized spacial score (nSPS) is 10.7. The minimum atomic E-state index is -0.291. The van der Waals surface area contributed by atoms with Crippen LogP contribution in [0.25, 0.3) is 20.8 Å². The van der Waals surface area contributed by atoms with E-state index in [2.05, 4.69) is 52.3 Å². The Morgan fingerprint density at radius 3 is 2.79 bits per heavy atom. The van der Waals surface area contributed by atoms with Crippen molar-refractivity contribution in [2.24, 2.45) is 0 Å². The van der Waals surface area contributed by atoms with Gasteiger partial charge < -0.3 is 10.1 Å². The quantitative estimate of drug-likeness (QED) is 0.140. The summed E-state index contributed by atoms with van der Waals surface area (Å²) in [5.74, 6) is 0.381. The van der Waals surface area contributed by atoms with Crippen LogP contribution in [0.4, 0.5) is 5.69 Å². The van der Waals surface area contributed by atoms with E-state index in [1.54, 1.807) is 29.5 Å². The summed E-state index contributed by atoms with van der Waals surface area (Å²) in [7, 11) is 0. The predicted molar refractivity (Wildman–Crippen MR) is 148 cm³/mol. The summed E-state index contributed by atoms with van der Waals surface area (Å²) < 4.78 is 7.91. The van der Waals surface area contributed by atoms with Crippen molar-refractivity contribution in [3.8, 4) is 16.3 Å². The summed E-state index contributed by atoms with van der Waals surface area (Å²) in [6.07, 6.45) is 2.02. The summed E-state index contributed by atoms with van der Waals surface area (Å²) in [6, 6.07) is 21.2. The zero-order valence-corrected chi connectivity index (χ0v) is 21.7. The molecule has 0 aliphatic heterocycles. The number of thiazole rings is 1. The highest BCUT2D eigenvalue weighted by Gasteiger charge is 2.14. The van der Waals surface area contributed by atoms with Gasteiger partial charge in [0.15, 0.2) is 5.11 Å². The zero-order chi connectivity index (χ0) is 23.2. The Balaban J connectivity index is 1.49. The number of rotatable bonds is 7. The van der Waals surface area contributed by atoms with E-state index in [-0.39, 0.29) is 11.0 Å². The van der Waals surface area contributed by atoms with Crippen molar-refractivity contribution in [2.75, 3.05) is 11.9 Å². The van der Waals surface area contributed by atoms with Crippen LogP contribution in [0.5, 0.6) is 5.75 Å². The third kappa shape index (κ3) is 6.07. The molecule has 168 valence electrons. The number of hydrogen-bond acceptors (Lipinski definition) is 5. The number of unbranched alkanes of at least 4 members (excludes halogenated alkanes) is 1. The van der Waals surface area contributed by atoms with Gasteiger partial charge in [-0.2, -0.15) is 0 Å². The standard InChI is InChI=1S/C25H22IN3O2S2/c1-2-3-13-31-18-8-6-7-16(14-18)23(30)29-25(32)28-20-12-11-17(26)15-19(20)24-27-21-9-4-5-10-22(21)33-24/h4-12,14-15H,2-3,13H2,1H3,(H2,28,29,30,32). The number of thiocarbonyl (C=S) groups is 1. The molecule has 1 heterocycles. The van der Waals surface area contributed by atoms with Crippen molar-refractivity contribution in [1.29, 1.82) is 0 Å². The molecule has 4 aromatic rings. The molecular formula is C25H22IN3O2S2. The van der Waals surface area contributed by atoms with Crippen LogP contribution in [0.3, 0.4) is 0 Å². The Kier molecular flexibility index (Phi) is 7.89. The van der Waals surface area contributed by atoms with E-state index in [1.807, 2.05) is 36.4 Å². The number of nitrogens with zero attached hydrogens (tertiary/aromatic N) is 1. The first kappa shape index (κ1) is 23.6. The van der Waals surface area contributed by atoms with Crippen LogP contribution in [0.2, 0.25) is 0 Å². The van der Waals surface area contributed by atoms with E-state index in [9.17, 15) is 4.79 Å². The van der Waals surface area contributed by atoms with E-state index < -0.39 is 0 Å². The number of nitrogens with one attached hydrogen (secondary N) is 2. The number of ether oxygens (including phenoxy) is 1. The molecule has 0 aliphatic carbocycles.